The number of unbranched alkanes of at least 4 members (excludes halogenated alkanes) is 8. The summed E-state index contributed by atoms with van der Waals surface area (Å²) in [5, 5.41) is 31.4. The predicted molar refractivity (Wildman–Crippen MR) is 605 cm³/mol. The van der Waals surface area contributed by atoms with E-state index in [1.807, 2.05) is 155 Å². The number of esters is 4. The fourth-order valence-corrected chi connectivity index (χ4v) is 23.4. The van der Waals surface area contributed by atoms with Gasteiger partial charge in [-0.15, -0.1) is 45.3 Å². The van der Waals surface area contributed by atoms with Gasteiger partial charge in [0.25, 0.3) is 0 Å². The van der Waals surface area contributed by atoms with Crippen LogP contribution in [0.3, 0.4) is 0 Å². The van der Waals surface area contributed by atoms with Gasteiger partial charge < -0.3 is 76.9 Å². The summed E-state index contributed by atoms with van der Waals surface area (Å²) in [4.78, 5) is 111. The fraction of sp³-hybridized carbons (Fsp3) is 0.586. The normalized spacial score (nSPS) is 16.9. The molecule has 147 heavy (non-hydrogen) atoms. The molecule has 812 valence electrons. The first-order chi connectivity index (χ1) is 69.8. The van der Waals surface area contributed by atoms with Gasteiger partial charge in [0.05, 0.1) is 119 Å². The molecule has 8 heterocycles. The lowest BCUT2D eigenvalue weighted by Gasteiger charge is -2.39. The van der Waals surface area contributed by atoms with E-state index in [9.17, 15) is 53.7 Å². The number of nitrogens with zero attached hydrogens (tertiary/aromatic N) is 4. The van der Waals surface area contributed by atoms with Gasteiger partial charge in [-0.05, 0) is 262 Å². The molecule has 4 aliphatic heterocycles. The molecule has 0 bridgehead atoms. The van der Waals surface area contributed by atoms with E-state index < -0.39 is 28.8 Å². The third-order valence-corrected chi connectivity index (χ3v) is 41.2. The van der Waals surface area contributed by atoms with E-state index in [0.29, 0.717) is 84.8 Å². The van der Waals surface area contributed by atoms with Crippen LogP contribution in [0.15, 0.2) is 146 Å². The Morgan fingerprint density at radius 1 is 0.354 bits per heavy atom. The maximum atomic E-state index is 12.9. The summed E-state index contributed by atoms with van der Waals surface area (Å²) in [5.41, 5.74) is 7.62. The SMILES string of the molecule is CC(C)OC(=O)c1ccc(CBr)s1.CCCCC[C@H](O)c1ccc(N2C(=O)CC[C@@H]2COCc2ccc(C(=O)OC(C)C)s2)cc1.CCCCC[C@H](O)c1ccc(N2C(=O)CC[C@@H]2COCc2ccc(C(=O)OC(C)C)s2)cc1.CCCCC[C@H](O[Si](C)(C)C(C)(C)C)c1ccc(N2C(=O)CC[C@@H]2CO)cc1.CCCCC[C@H](O[Si](C)(C)C(C)(C)C)c1ccc(N2C(=O)CC[C@@H]2COCc2ccc(C(=O)OC(C)C)s2)cc1. The highest BCUT2D eigenvalue weighted by Crippen LogP contribution is 2.45. The first kappa shape index (κ1) is 124. The number of ether oxygens (including phenoxy) is 7. The van der Waals surface area contributed by atoms with Gasteiger partial charge in [0.15, 0.2) is 16.6 Å². The smallest absolute Gasteiger partial charge is 0.348 e. The number of benzene rings is 4. The van der Waals surface area contributed by atoms with Crippen molar-refractivity contribution >= 4 is 148 Å². The molecular weight excluding hydrogens is 2030 g/mol. The summed E-state index contributed by atoms with van der Waals surface area (Å²) in [5.74, 6) is -0.737. The second-order valence-electron chi connectivity index (χ2n) is 42.7. The molecule has 4 amide bonds. The second kappa shape index (κ2) is 61.7. The zero-order valence-corrected chi connectivity index (χ0v) is 98.3. The molecule has 3 N–H and O–H groups in total. The summed E-state index contributed by atoms with van der Waals surface area (Å²) in [6.45, 7) is 48.9. The average molecular weight is 2200 g/mol. The van der Waals surface area contributed by atoms with Crippen LogP contribution in [0, 0.1) is 0 Å². The van der Waals surface area contributed by atoms with Gasteiger partial charge in [-0.2, -0.15) is 0 Å². The van der Waals surface area contributed by atoms with Crippen LogP contribution in [-0.2, 0) is 86.3 Å². The molecule has 0 saturated carbocycles. The number of anilines is 4. The Balaban J connectivity index is 0.000000231. The molecule has 12 rings (SSSR count). The monoisotopic (exact) mass is 2200 g/mol. The topological polar surface area (TPSA) is 293 Å². The van der Waals surface area contributed by atoms with Crippen LogP contribution >= 0.6 is 61.3 Å². The minimum Gasteiger partial charge on any atom is -0.459 e. The predicted octanol–water partition coefficient (Wildman–Crippen LogP) is 29.0. The van der Waals surface area contributed by atoms with Crippen molar-refractivity contribution in [3.05, 3.63) is 207 Å². The Bertz CT molecular complexity index is 5170. The minimum absolute atomic E-state index is 0.00692. The lowest BCUT2D eigenvalue weighted by Crippen LogP contribution is -2.41. The molecule has 24 nitrogen and oxygen atoms in total. The van der Waals surface area contributed by atoms with Crippen molar-refractivity contribution in [2.45, 2.75) is 413 Å². The molecule has 4 aliphatic rings. The lowest BCUT2D eigenvalue weighted by atomic mass is 10.0. The summed E-state index contributed by atoms with van der Waals surface area (Å²) in [6.07, 6.45) is 20.9. The Labute approximate surface area is 903 Å². The first-order valence-electron chi connectivity index (χ1n) is 53.3. The molecule has 4 fully saturated rings. The molecule has 0 unspecified atom stereocenters. The number of carbonyl (C=O) groups is 8. The third kappa shape index (κ3) is 39.6. The highest BCUT2D eigenvalue weighted by atomic mass is 79.9. The Morgan fingerprint density at radius 2 is 0.592 bits per heavy atom. The average Bonchev–Trinajstić information content (AvgIpc) is 1.71. The second-order valence-corrected chi connectivity index (χ2v) is 57.4. The van der Waals surface area contributed by atoms with Gasteiger partial charge in [0.1, 0.15) is 19.5 Å². The van der Waals surface area contributed by atoms with Crippen LogP contribution < -0.4 is 19.6 Å². The van der Waals surface area contributed by atoms with Crippen LogP contribution in [0.5, 0.6) is 0 Å². The molecule has 4 saturated heterocycles. The van der Waals surface area contributed by atoms with E-state index in [0.717, 1.165) is 161 Å². The van der Waals surface area contributed by atoms with Crippen molar-refractivity contribution in [3.8, 4) is 0 Å². The summed E-state index contributed by atoms with van der Waals surface area (Å²) in [7, 11) is -3.81. The van der Waals surface area contributed by atoms with Crippen LogP contribution in [0.25, 0.3) is 0 Å². The first-order valence-corrected chi connectivity index (χ1v) is 63.5. The minimum atomic E-state index is -1.93. The molecule has 31 heteroatoms. The third-order valence-electron chi connectivity index (χ3n) is 27.1. The van der Waals surface area contributed by atoms with Gasteiger partial charge in [0, 0.05) is 73.3 Å². The molecule has 8 atom stereocenters. The zero-order chi connectivity index (χ0) is 108. The number of hydrogen-bond donors (Lipinski definition) is 3. The van der Waals surface area contributed by atoms with Gasteiger partial charge in [-0.1, -0.05) is 211 Å². The van der Waals surface area contributed by atoms with Crippen LogP contribution in [0.4, 0.5) is 22.7 Å². The van der Waals surface area contributed by atoms with Gasteiger partial charge in [0.2, 0.25) is 23.6 Å². The number of hydrogen-bond acceptors (Lipinski definition) is 24. The maximum absolute atomic E-state index is 12.9. The number of thiophene rings is 4. The van der Waals surface area contributed by atoms with E-state index in [2.05, 4.69) is 148 Å². The number of alkyl halides is 1. The van der Waals surface area contributed by atoms with Gasteiger partial charge in [-0.3, -0.25) is 19.2 Å². The number of amides is 4. The Kier molecular flexibility index (Phi) is 52.1. The quantitative estimate of drug-likeness (QED) is 0.0105. The van der Waals surface area contributed by atoms with Crippen LogP contribution in [0.2, 0.25) is 36.3 Å². The molecule has 0 radical (unpaired) electrons. The Morgan fingerprint density at radius 3 is 0.830 bits per heavy atom. The van der Waals surface area contributed by atoms with Crippen molar-refractivity contribution in [1.29, 1.82) is 0 Å². The van der Waals surface area contributed by atoms with Gasteiger partial charge >= 0.3 is 23.9 Å². The molecule has 0 aliphatic carbocycles. The lowest BCUT2D eigenvalue weighted by molar-refractivity contribution is -0.118. The molecule has 0 spiro atoms. The molecule has 4 aromatic carbocycles. The van der Waals surface area contributed by atoms with Crippen molar-refractivity contribution in [2.75, 3.05) is 46.0 Å². The van der Waals surface area contributed by atoms with E-state index in [4.69, 9.17) is 42.0 Å². The summed E-state index contributed by atoms with van der Waals surface area (Å²) in [6, 6.07) is 46.6. The largest absolute Gasteiger partial charge is 0.459 e. The number of halogens is 1. The molecular formula is C116H169BrN4O20S4Si2. The van der Waals surface area contributed by atoms with Crippen molar-refractivity contribution in [2.24, 2.45) is 0 Å². The van der Waals surface area contributed by atoms with E-state index in [-0.39, 0.29) is 125 Å². The van der Waals surface area contributed by atoms with E-state index in [1.165, 1.54) is 82.2 Å². The molecule has 8 aromatic rings. The summed E-state index contributed by atoms with van der Waals surface area (Å²) < 4.78 is 52.3. The Hall–Kier alpha value is -7.97. The highest BCUT2D eigenvalue weighted by molar-refractivity contribution is 9.08. The zero-order valence-electron chi connectivity index (χ0n) is 91.5. The van der Waals surface area contributed by atoms with Crippen molar-refractivity contribution < 1.29 is 95.7 Å². The number of carbonyl (C=O) groups excluding carboxylic acids is 8. The molecule has 4 aromatic heterocycles. The number of aliphatic hydroxyl groups excluding tert-OH is 3. The standard InChI is InChI=1S/C32H49NO5SSi.2C26H35NO5S.C23H39NO3Si.C9H11BrO2S/c1-9-10-11-12-28(38-40(7,8)32(4,5)6)24-13-15-25(16-14-24)33-26(17-20-30(33)34)21-36-22-27-18-19-29(39-27)31(35)37-23(2)3;2*1-4-5-6-7-23(28)19-8-10-20(11-9-19)27-21(12-15-25(27)29)16-31-17-22-13-14-24(33-22)26(30)32-18(2)3;1-7-8-9-10-21(27-28(5,6)23(2,3)4)18-11-13-19(14-12-18)24-20(17-25)15-16-22(24)26;1-6(2)12-9(11)8-4-3-7(5-10)13-8/h13-16,18-19,23,26,28H,9-12,17,20-22H2,1-8H3;2*8-11,13-14,18,21,23,28H,4-7,12,15-17H2,1-3H3;11-14,20-21,25H,7-10,15-17H2,1-6H3;3-4,6H,5H2,1-2H3/t26-,28+;2*21-,23+;20-,21+;/m1111./s1. The van der Waals surface area contributed by atoms with Crippen LogP contribution in [0.1, 0.15) is 384 Å². The van der Waals surface area contributed by atoms with E-state index >= 15 is 0 Å². The summed E-state index contributed by atoms with van der Waals surface area (Å²) >= 11 is 8.92. The number of rotatable bonds is 50. The van der Waals surface area contributed by atoms with Crippen molar-refractivity contribution in [3.63, 3.8) is 0 Å². The number of aliphatic hydroxyl groups is 3. The van der Waals surface area contributed by atoms with Crippen molar-refractivity contribution in [1.82, 2.24) is 0 Å². The fourth-order valence-electron chi connectivity index (χ4n) is 17.0. The maximum Gasteiger partial charge on any atom is 0.348 e. The van der Waals surface area contributed by atoms with E-state index in [1.54, 1.807) is 29.2 Å². The highest BCUT2D eigenvalue weighted by Gasteiger charge is 2.43. The van der Waals surface area contributed by atoms with Gasteiger partial charge in [-0.25, -0.2) is 19.2 Å². The van der Waals surface area contributed by atoms with Crippen LogP contribution in [-0.4, -0.2) is 154 Å².